The number of ether oxygens (including phenoxy) is 1. The Kier molecular flexibility index (Phi) is 5.63. The average Bonchev–Trinajstić information content (AvgIpc) is 2.71. The summed E-state index contributed by atoms with van der Waals surface area (Å²) in [6.45, 7) is 6.19. The second-order valence-electron chi connectivity index (χ2n) is 7.12. The Morgan fingerprint density at radius 1 is 0.741 bits per heavy atom. The fraction of sp³-hybridized carbons (Fsp3) is 0.304. The first-order chi connectivity index (χ1) is 13.2. The van der Waals surface area contributed by atoms with Crippen molar-refractivity contribution in [2.75, 3.05) is 33.3 Å². The summed E-state index contributed by atoms with van der Waals surface area (Å²) in [5.74, 6) is 0.943. The largest absolute Gasteiger partial charge is 0.496 e. The van der Waals surface area contributed by atoms with Crippen molar-refractivity contribution in [3.8, 4) is 5.75 Å². The summed E-state index contributed by atoms with van der Waals surface area (Å²) in [5, 5.41) is 3.34. The molecule has 3 aromatic carbocycles. The molecule has 1 heterocycles. The van der Waals surface area contributed by atoms with Crippen LogP contribution in [0.5, 0.6) is 5.75 Å². The van der Waals surface area contributed by atoms with Crippen LogP contribution in [0.4, 0.5) is 0 Å². The van der Waals surface area contributed by atoms with Gasteiger partial charge >= 0.3 is 0 Å². The fourth-order valence-corrected chi connectivity index (χ4v) is 4.06. The van der Waals surface area contributed by atoms with Crippen LogP contribution in [0, 0.1) is 0 Å². The van der Waals surface area contributed by atoms with E-state index in [9.17, 15) is 0 Å². The van der Waals surface area contributed by atoms with Crippen LogP contribution in [-0.2, 0) is 13.1 Å². The molecule has 0 N–H and O–H groups in total. The highest BCUT2D eigenvalue weighted by Crippen LogP contribution is 2.29. The lowest BCUT2D eigenvalue weighted by molar-refractivity contribution is 0.122. The highest BCUT2D eigenvalue weighted by molar-refractivity contribution is 6.31. The topological polar surface area (TPSA) is 15.7 Å². The minimum atomic E-state index is 0.865. The maximum atomic E-state index is 6.31. The summed E-state index contributed by atoms with van der Waals surface area (Å²) in [6, 6.07) is 21.0. The van der Waals surface area contributed by atoms with Gasteiger partial charge in [-0.1, -0.05) is 60.1 Å². The summed E-state index contributed by atoms with van der Waals surface area (Å²) < 4.78 is 5.52. The molecule has 0 atom stereocenters. The van der Waals surface area contributed by atoms with E-state index < -0.39 is 0 Å². The summed E-state index contributed by atoms with van der Waals surface area (Å²) >= 11 is 6.31. The normalized spacial score (nSPS) is 15.9. The Hall–Kier alpha value is -2.07. The van der Waals surface area contributed by atoms with Crippen molar-refractivity contribution in [3.05, 3.63) is 76.8 Å². The average molecular weight is 381 g/mol. The zero-order valence-corrected chi connectivity index (χ0v) is 16.5. The van der Waals surface area contributed by atoms with Gasteiger partial charge in [-0.05, 0) is 28.6 Å². The minimum absolute atomic E-state index is 0.865. The predicted molar refractivity (Wildman–Crippen MR) is 113 cm³/mol. The van der Waals surface area contributed by atoms with Gasteiger partial charge in [-0.3, -0.25) is 9.80 Å². The van der Waals surface area contributed by atoms with Gasteiger partial charge in [-0.2, -0.15) is 0 Å². The summed E-state index contributed by atoms with van der Waals surface area (Å²) in [7, 11) is 1.74. The lowest BCUT2D eigenvalue weighted by Crippen LogP contribution is -2.45. The number of methoxy groups -OCH3 is 1. The number of fused-ring (bicyclic) bond motifs is 1. The van der Waals surface area contributed by atoms with Crippen molar-refractivity contribution in [2.24, 2.45) is 0 Å². The number of hydrogen-bond acceptors (Lipinski definition) is 3. The van der Waals surface area contributed by atoms with E-state index in [0.717, 1.165) is 50.0 Å². The van der Waals surface area contributed by atoms with E-state index in [2.05, 4.69) is 58.3 Å². The molecule has 3 aromatic rings. The second kappa shape index (κ2) is 8.30. The van der Waals surface area contributed by atoms with Crippen molar-refractivity contribution >= 4 is 22.4 Å². The third-order valence-electron chi connectivity index (χ3n) is 5.40. The van der Waals surface area contributed by atoms with E-state index in [-0.39, 0.29) is 0 Å². The van der Waals surface area contributed by atoms with E-state index >= 15 is 0 Å². The predicted octanol–water partition coefficient (Wildman–Crippen LogP) is 4.82. The molecule has 140 valence electrons. The van der Waals surface area contributed by atoms with Gasteiger partial charge in [-0.15, -0.1) is 0 Å². The zero-order chi connectivity index (χ0) is 18.6. The first-order valence-electron chi connectivity index (χ1n) is 9.47. The van der Waals surface area contributed by atoms with Crippen LogP contribution in [0.15, 0.2) is 60.7 Å². The number of benzene rings is 3. The smallest absolute Gasteiger partial charge is 0.126 e. The van der Waals surface area contributed by atoms with E-state index in [4.69, 9.17) is 16.3 Å². The fourth-order valence-electron chi connectivity index (χ4n) is 3.86. The molecule has 0 unspecified atom stereocenters. The van der Waals surface area contributed by atoms with Crippen LogP contribution in [0.25, 0.3) is 10.8 Å². The van der Waals surface area contributed by atoms with E-state index in [1.165, 1.54) is 21.9 Å². The number of nitrogens with zero attached hydrogens (tertiary/aromatic N) is 2. The van der Waals surface area contributed by atoms with Crippen molar-refractivity contribution < 1.29 is 4.74 Å². The van der Waals surface area contributed by atoms with Gasteiger partial charge < -0.3 is 4.74 Å². The summed E-state index contributed by atoms with van der Waals surface area (Å²) in [5.41, 5.74) is 2.58. The molecular formula is C23H25ClN2O. The lowest BCUT2D eigenvalue weighted by Gasteiger charge is -2.35. The summed E-state index contributed by atoms with van der Waals surface area (Å²) in [4.78, 5) is 5.03. The van der Waals surface area contributed by atoms with Crippen LogP contribution in [-0.4, -0.2) is 43.1 Å². The van der Waals surface area contributed by atoms with Crippen LogP contribution in [0.2, 0.25) is 5.02 Å². The highest BCUT2D eigenvalue weighted by atomic mass is 35.5. The standard InChI is InChI=1S/C23H25ClN2O/c1-27-23-11-10-18(20-7-3-4-8-21(20)23)16-25-12-14-26(15-13-25)17-19-6-2-5-9-22(19)24/h2-11H,12-17H2,1H3. The molecule has 1 saturated heterocycles. The molecule has 0 amide bonds. The van der Waals surface area contributed by atoms with Crippen molar-refractivity contribution in [2.45, 2.75) is 13.1 Å². The molecule has 1 aliphatic rings. The number of hydrogen-bond donors (Lipinski definition) is 0. The molecule has 1 aliphatic heterocycles. The SMILES string of the molecule is COc1ccc(CN2CCN(Cc3ccccc3Cl)CC2)c2ccccc12. The molecule has 0 radical (unpaired) electrons. The molecule has 3 nitrogen and oxygen atoms in total. The Morgan fingerprint density at radius 3 is 2.00 bits per heavy atom. The Bertz CT molecular complexity index is 919. The van der Waals surface area contributed by atoms with Gasteiger partial charge in [0.1, 0.15) is 5.75 Å². The van der Waals surface area contributed by atoms with Gasteiger partial charge in [0, 0.05) is 49.7 Å². The van der Waals surface area contributed by atoms with Crippen molar-refractivity contribution in [1.82, 2.24) is 9.80 Å². The van der Waals surface area contributed by atoms with Crippen LogP contribution in [0.1, 0.15) is 11.1 Å². The van der Waals surface area contributed by atoms with Gasteiger partial charge in [0.05, 0.1) is 7.11 Å². The Balaban J connectivity index is 1.41. The van der Waals surface area contributed by atoms with Crippen LogP contribution < -0.4 is 4.74 Å². The monoisotopic (exact) mass is 380 g/mol. The molecule has 4 heteroatoms. The van der Waals surface area contributed by atoms with E-state index in [1.807, 2.05) is 12.1 Å². The number of piperazine rings is 1. The first-order valence-corrected chi connectivity index (χ1v) is 9.85. The summed E-state index contributed by atoms with van der Waals surface area (Å²) in [6.07, 6.45) is 0. The van der Waals surface area contributed by atoms with Crippen molar-refractivity contribution in [3.63, 3.8) is 0 Å². The molecule has 0 aromatic heterocycles. The Morgan fingerprint density at radius 2 is 1.33 bits per heavy atom. The van der Waals surface area contributed by atoms with Crippen molar-refractivity contribution in [1.29, 1.82) is 0 Å². The van der Waals surface area contributed by atoms with Gasteiger partial charge in [-0.25, -0.2) is 0 Å². The van der Waals surface area contributed by atoms with Gasteiger partial charge in [0.15, 0.2) is 0 Å². The molecular weight excluding hydrogens is 356 g/mol. The molecule has 4 rings (SSSR count). The van der Waals surface area contributed by atoms with Gasteiger partial charge in [0.2, 0.25) is 0 Å². The maximum Gasteiger partial charge on any atom is 0.126 e. The molecule has 1 fully saturated rings. The van der Waals surface area contributed by atoms with Gasteiger partial charge in [0.25, 0.3) is 0 Å². The molecule has 0 bridgehead atoms. The quantitative estimate of drug-likeness (QED) is 0.631. The first kappa shape index (κ1) is 18.3. The number of rotatable bonds is 5. The third-order valence-corrected chi connectivity index (χ3v) is 5.77. The molecule has 0 spiro atoms. The van der Waals surface area contributed by atoms with E-state index in [0.29, 0.717) is 0 Å². The highest BCUT2D eigenvalue weighted by Gasteiger charge is 2.18. The third kappa shape index (κ3) is 4.11. The Labute approximate surface area is 166 Å². The maximum absolute atomic E-state index is 6.31. The molecule has 0 saturated carbocycles. The molecule has 0 aliphatic carbocycles. The number of halogens is 1. The minimum Gasteiger partial charge on any atom is -0.496 e. The van der Waals surface area contributed by atoms with Crippen LogP contribution in [0.3, 0.4) is 0 Å². The molecule has 27 heavy (non-hydrogen) atoms. The zero-order valence-electron chi connectivity index (χ0n) is 15.7. The second-order valence-corrected chi connectivity index (χ2v) is 7.52. The lowest BCUT2D eigenvalue weighted by atomic mass is 10.0. The van der Waals surface area contributed by atoms with E-state index in [1.54, 1.807) is 7.11 Å². The van der Waals surface area contributed by atoms with Crippen LogP contribution >= 0.6 is 11.6 Å².